The second-order valence-electron chi connectivity index (χ2n) is 4.16. The van der Waals surface area contributed by atoms with E-state index in [1.807, 2.05) is 42.5 Å². The molecule has 0 radical (unpaired) electrons. The van der Waals surface area contributed by atoms with Gasteiger partial charge in [0.2, 0.25) is 0 Å². The molecule has 0 atom stereocenters. The molecular formula is C15H15Cl2NOS. The highest BCUT2D eigenvalue weighted by Gasteiger charge is 2.04. The van der Waals surface area contributed by atoms with Crippen LogP contribution >= 0.6 is 35.0 Å². The van der Waals surface area contributed by atoms with Crippen LogP contribution in [0.4, 0.5) is 5.69 Å². The standard InChI is InChI=1S/C15H15Cl2NOS/c16-11-5-7-12(8-6-11)19-9-2-10-20-15-13(17)3-1-4-14(15)18/h1,3-8H,2,9-10,18H2. The zero-order chi connectivity index (χ0) is 14.4. The molecule has 2 nitrogen and oxygen atoms in total. The molecule has 20 heavy (non-hydrogen) atoms. The van der Waals surface area contributed by atoms with Crippen LogP contribution < -0.4 is 10.5 Å². The Bertz CT molecular complexity index is 540. The number of rotatable bonds is 6. The fraction of sp³-hybridized carbons (Fsp3) is 0.200. The Morgan fingerprint density at radius 1 is 1.05 bits per heavy atom. The van der Waals surface area contributed by atoms with Gasteiger partial charge in [0.05, 0.1) is 11.6 Å². The number of hydrogen-bond acceptors (Lipinski definition) is 3. The summed E-state index contributed by atoms with van der Waals surface area (Å²) in [6.45, 7) is 0.652. The first-order valence-electron chi connectivity index (χ1n) is 6.22. The normalized spacial score (nSPS) is 10.5. The predicted molar refractivity (Wildman–Crippen MR) is 88.2 cm³/mol. The molecule has 0 saturated carbocycles. The lowest BCUT2D eigenvalue weighted by atomic mass is 10.3. The van der Waals surface area contributed by atoms with Crippen LogP contribution in [0.3, 0.4) is 0 Å². The van der Waals surface area contributed by atoms with Gasteiger partial charge in [0, 0.05) is 21.4 Å². The van der Waals surface area contributed by atoms with Crippen LogP contribution in [0.25, 0.3) is 0 Å². The minimum Gasteiger partial charge on any atom is -0.494 e. The van der Waals surface area contributed by atoms with Crippen molar-refractivity contribution < 1.29 is 4.74 Å². The average Bonchev–Trinajstić information content (AvgIpc) is 2.43. The molecule has 0 aromatic heterocycles. The van der Waals surface area contributed by atoms with Crippen LogP contribution in [-0.4, -0.2) is 12.4 Å². The van der Waals surface area contributed by atoms with Crippen molar-refractivity contribution in [1.82, 2.24) is 0 Å². The second kappa shape index (κ2) is 7.67. The smallest absolute Gasteiger partial charge is 0.119 e. The summed E-state index contributed by atoms with van der Waals surface area (Å²) in [4.78, 5) is 0.945. The summed E-state index contributed by atoms with van der Waals surface area (Å²) in [5, 5.41) is 1.41. The monoisotopic (exact) mass is 327 g/mol. The van der Waals surface area contributed by atoms with Gasteiger partial charge in [0.1, 0.15) is 5.75 Å². The van der Waals surface area contributed by atoms with Gasteiger partial charge in [-0.25, -0.2) is 0 Å². The molecular weight excluding hydrogens is 313 g/mol. The SMILES string of the molecule is Nc1cccc(Cl)c1SCCCOc1ccc(Cl)cc1. The number of benzene rings is 2. The van der Waals surface area contributed by atoms with Gasteiger partial charge in [-0.1, -0.05) is 29.3 Å². The largest absolute Gasteiger partial charge is 0.494 e. The Labute approximate surface area is 133 Å². The van der Waals surface area contributed by atoms with Crippen LogP contribution in [0.2, 0.25) is 10.0 Å². The van der Waals surface area contributed by atoms with Crippen molar-refractivity contribution in [2.45, 2.75) is 11.3 Å². The first kappa shape index (κ1) is 15.4. The lowest BCUT2D eigenvalue weighted by Crippen LogP contribution is -1.99. The van der Waals surface area contributed by atoms with E-state index in [1.54, 1.807) is 11.8 Å². The highest BCUT2D eigenvalue weighted by atomic mass is 35.5. The zero-order valence-corrected chi connectivity index (χ0v) is 13.1. The molecule has 2 N–H and O–H groups in total. The van der Waals surface area contributed by atoms with E-state index in [9.17, 15) is 0 Å². The molecule has 2 rings (SSSR count). The number of halogens is 2. The summed E-state index contributed by atoms with van der Waals surface area (Å²) in [6, 6.07) is 12.9. The van der Waals surface area contributed by atoms with E-state index in [0.717, 1.165) is 28.5 Å². The Balaban J connectivity index is 1.73. The second-order valence-corrected chi connectivity index (χ2v) is 6.11. The van der Waals surface area contributed by atoms with Crippen LogP contribution in [0.15, 0.2) is 47.4 Å². The fourth-order valence-electron chi connectivity index (χ4n) is 1.63. The molecule has 0 aliphatic rings. The van der Waals surface area contributed by atoms with Gasteiger partial charge < -0.3 is 10.5 Å². The molecule has 0 spiro atoms. The number of thioether (sulfide) groups is 1. The molecule has 0 bridgehead atoms. The van der Waals surface area contributed by atoms with Crippen molar-refractivity contribution in [3.63, 3.8) is 0 Å². The third-order valence-corrected chi connectivity index (χ3v) is 4.53. The average molecular weight is 328 g/mol. The van der Waals surface area contributed by atoms with Gasteiger partial charge in [-0.15, -0.1) is 11.8 Å². The zero-order valence-electron chi connectivity index (χ0n) is 10.8. The van der Waals surface area contributed by atoms with Crippen molar-refractivity contribution in [2.75, 3.05) is 18.1 Å². The number of anilines is 1. The number of hydrogen-bond donors (Lipinski definition) is 1. The Kier molecular flexibility index (Phi) is 5.89. The summed E-state index contributed by atoms with van der Waals surface area (Å²) in [6.07, 6.45) is 0.915. The first-order valence-corrected chi connectivity index (χ1v) is 7.96. The predicted octanol–water partition coefficient (Wildman–Crippen LogP) is 5.14. The Hall–Kier alpha value is -1.03. The highest BCUT2D eigenvalue weighted by Crippen LogP contribution is 2.32. The molecule has 2 aromatic rings. The van der Waals surface area contributed by atoms with E-state index in [4.69, 9.17) is 33.7 Å². The van der Waals surface area contributed by atoms with Crippen LogP contribution in [0, 0.1) is 0 Å². The molecule has 0 unspecified atom stereocenters. The third kappa shape index (κ3) is 4.51. The molecule has 0 fully saturated rings. The highest BCUT2D eigenvalue weighted by molar-refractivity contribution is 7.99. The lowest BCUT2D eigenvalue weighted by molar-refractivity contribution is 0.319. The maximum absolute atomic E-state index is 6.11. The van der Waals surface area contributed by atoms with Crippen molar-refractivity contribution in [1.29, 1.82) is 0 Å². The van der Waals surface area contributed by atoms with Crippen LogP contribution in [0.1, 0.15) is 6.42 Å². The summed E-state index contributed by atoms with van der Waals surface area (Å²) in [7, 11) is 0. The lowest BCUT2D eigenvalue weighted by Gasteiger charge is -2.08. The molecule has 0 amide bonds. The Morgan fingerprint density at radius 3 is 2.50 bits per heavy atom. The van der Waals surface area contributed by atoms with E-state index in [0.29, 0.717) is 16.7 Å². The van der Waals surface area contributed by atoms with Crippen molar-refractivity contribution >= 4 is 40.7 Å². The molecule has 0 aliphatic heterocycles. The molecule has 0 saturated heterocycles. The van der Waals surface area contributed by atoms with Gasteiger partial charge >= 0.3 is 0 Å². The number of nitrogens with two attached hydrogens (primary N) is 1. The van der Waals surface area contributed by atoms with E-state index >= 15 is 0 Å². The van der Waals surface area contributed by atoms with Crippen LogP contribution in [-0.2, 0) is 0 Å². The fourth-order valence-corrected chi connectivity index (χ4v) is 3.01. The van der Waals surface area contributed by atoms with Gasteiger partial charge in [-0.2, -0.15) is 0 Å². The first-order chi connectivity index (χ1) is 9.66. The summed E-state index contributed by atoms with van der Waals surface area (Å²) >= 11 is 13.6. The van der Waals surface area contributed by atoms with E-state index in [1.165, 1.54) is 0 Å². The van der Waals surface area contributed by atoms with Crippen LogP contribution in [0.5, 0.6) is 5.75 Å². The van der Waals surface area contributed by atoms with E-state index in [-0.39, 0.29) is 0 Å². The number of ether oxygens (including phenoxy) is 1. The molecule has 106 valence electrons. The van der Waals surface area contributed by atoms with E-state index in [2.05, 4.69) is 0 Å². The molecule has 2 aromatic carbocycles. The number of nitrogen functional groups attached to an aromatic ring is 1. The van der Waals surface area contributed by atoms with E-state index < -0.39 is 0 Å². The van der Waals surface area contributed by atoms with Crippen molar-refractivity contribution in [3.05, 3.63) is 52.5 Å². The van der Waals surface area contributed by atoms with Gasteiger partial charge in [-0.05, 0) is 42.8 Å². The topological polar surface area (TPSA) is 35.2 Å². The third-order valence-electron chi connectivity index (χ3n) is 2.61. The molecule has 0 heterocycles. The quantitative estimate of drug-likeness (QED) is 0.453. The minimum atomic E-state index is 0.652. The summed E-state index contributed by atoms with van der Waals surface area (Å²) < 4.78 is 5.62. The summed E-state index contributed by atoms with van der Waals surface area (Å²) in [5.41, 5.74) is 6.62. The minimum absolute atomic E-state index is 0.652. The van der Waals surface area contributed by atoms with Crippen molar-refractivity contribution in [3.8, 4) is 5.75 Å². The van der Waals surface area contributed by atoms with Gasteiger partial charge in [0.25, 0.3) is 0 Å². The summed E-state index contributed by atoms with van der Waals surface area (Å²) in [5.74, 6) is 1.73. The maximum atomic E-state index is 6.11. The molecule has 5 heteroatoms. The van der Waals surface area contributed by atoms with Crippen molar-refractivity contribution in [2.24, 2.45) is 0 Å². The van der Waals surface area contributed by atoms with Gasteiger partial charge in [0.15, 0.2) is 0 Å². The van der Waals surface area contributed by atoms with Gasteiger partial charge in [-0.3, -0.25) is 0 Å². The Morgan fingerprint density at radius 2 is 1.80 bits per heavy atom. The molecule has 0 aliphatic carbocycles. The maximum Gasteiger partial charge on any atom is 0.119 e.